The Balaban J connectivity index is 1.75. The van der Waals surface area contributed by atoms with E-state index in [4.69, 9.17) is 0 Å². The van der Waals surface area contributed by atoms with Crippen LogP contribution in [-0.4, -0.2) is 22.1 Å². The van der Waals surface area contributed by atoms with E-state index < -0.39 is 0 Å². The van der Waals surface area contributed by atoms with Crippen LogP contribution in [0.25, 0.3) is 11.3 Å². The van der Waals surface area contributed by atoms with Gasteiger partial charge in [-0.2, -0.15) is 0 Å². The van der Waals surface area contributed by atoms with Gasteiger partial charge in [0.15, 0.2) is 0 Å². The Morgan fingerprint density at radius 3 is 2.94 bits per heavy atom. The quantitative estimate of drug-likeness (QED) is 0.920. The summed E-state index contributed by atoms with van der Waals surface area (Å²) in [5, 5.41) is 3.53. The lowest BCUT2D eigenvalue weighted by molar-refractivity contribution is 0.598. The zero-order valence-corrected chi connectivity index (χ0v) is 11.7. The lowest BCUT2D eigenvalue weighted by Crippen LogP contribution is -2.21. The highest BCUT2D eigenvalue weighted by atomic mass is 79.9. The molecule has 0 aliphatic heterocycles. The van der Waals surface area contributed by atoms with Crippen LogP contribution < -0.4 is 5.32 Å². The molecular formula is C14H16BrN3. The van der Waals surface area contributed by atoms with Crippen molar-refractivity contribution in [3.8, 4) is 11.3 Å². The van der Waals surface area contributed by atoms with E-state index in [9.17, 15) is 0 Å². The zero-order chi connectivity index (χ0) is 12.4. The molecule has 0 radical (unpaired) electrons. The van der Waals surface area contributed by atoms with Crippen LogP contribution >= 0.6 is 15.9 Å². The lowest BCUT2D eigenvalue weighted by Gasteiger charge is -2.10. The summed E-state index contributed by atoms with van der Waals surface area (Å²) in [6.07, 6.45) is 6.50. The molecule has 0 amide bonds. The molecule has 0 spiro atoms. The fraction of sp³-hybridized carbons (Fsp3) is 0.357. The van der Waals surface area contributed by atoms with Crippen molar-refractivity contribution in [3.63, 3.8) is 0 Å². The second-order valence-corrected chi connectivity index (χ2v) is 5.53. The molecule has 1 aliphatic carbocycles. The molecule has 3 rings (SSSR count). The second kappa shape index (κ2) is 5.24. The maximum atomic E-state index is 4.27. The van der Waals surface area contributed by atoms with E-state index in [1.54, 1.807) is 0 Å². The van der Waals surface area contributed by atoms with Crippen LogP contribution in [0.3, 0.4) is 0 Å². The predicted octanol–water partition coefficient (Wildman–Crippen LogP) is 3.06. The number of rotatable bonds is 5. The van der Waals surface area contributed by atoms with Crippen LogP contribution in [0.15, 0.2) is 41.3 Å². The zero-order valence-electron chi connectivity index (χ0n) is 10.1. The predicted molar refractivity (Wildman–Crippen MR) is 76.4 cm³/mol. The average molecular weight is 306 g/mol. The van der Waals surface area contributed by atoms with E-state index in [-0.39, 0.29) is 0 Å². The van der Waals surface area contributed by atoms with E-state index >= 15 is 0 Å². The minimum Gasteiger partial charge on any atom is -0.329 e. The summed E-state index contributed by atoms with van der Waals surface area (Å²) in [7, 11) is 0. The van der Waals surface area contributed by atoms with Crippen LogP contribution in [0, 0.1) is 0 Å². The third kappa shape index (κ3) is 2.65. The van der Waals surface area contributed by atoms with E-state index in [1.165, 1.54) is 24.1 Å². The first-order chi connectivity index (χ1) is 8.84. The second-order valence-electron chi connectivity index (χ2n) is 4.68. The highest BCUT2D eigenvalue weighted by Crippen LogP contribution is 2.27. The Labute approximate surface area is 115 Å². The topological polar surface area (TPSA) is 29.9 Å². The molecule has 1 aliphatic rings. The Morgan fingerprint density at radius 1 is 1.33 bits per heavy atom. The first kappa shape index (κ1) is 11.9. The molecule has 1 fully saturated rings. The number of hydrogen-bond donors (Lipinski definition) is 1. The molecule has 94 valence electrons. The lowest BCUT2D eigenvalue weighted by atomic mass is 10.2. The summed E-state index contributed by atoms with van der Waals surface area (Å²) in [6.45, 7) is 1.98. The Kier molecular flexibility index (Phi) is 3.48. The van der Waals surface area contributed by atoms with Gasteiger partial charge in [0.1, 0.15) is 0 Å². The highest BCUT2D eigenvalue weighted by molar-refractivity contribution is 9.10. The standard InChI is InChI=1S/C14H16BrN3/c15-13-4-2-1-3-12(13)14-9-16-10-18(14)8-7-17-11-5-6-11/h1-4,9-11,17H,5-8H2. The molecule has 18 heavy (non-hydrogen) atoms. The van der Waals surface area contributed by atoms with Crippen molar-refractivity contribution < 1.29 is 0 Å². The SMILES string of the molecule is Brc1ccccc1-c1cncn1CCNC1CC1. The molecule has 0 unspecified atom stereocenters. The molecule has 1 aromatic carbocycles. The fourth-order valence-corrected chi connectivity index (χ4v) is 2.56. The van der Waals surface area contributed by atoms with Gasteiger partial charge in [0.05, 0.1) is 18.2 Å². The van der Waals surface area contributed by atoms with E-state index in [2.05, 4.69) is 49.0 Å². The first-order valence-electron chi connectivity index (χ1n) is 6.33. The third-order valence-electron chi connectivity index (χ3n) is 3.23. The summed E-state index contributed by atoms with van der Waals surface area (Å²) < 4.78 is 3.32. The Morgan fingerprint density at radius 2 is 2.17 bits per heavy atom. The van der Waals surface area contributed by atoms with Crippen molar-refractivity contribution >= 4 is 15.9 Å². The third-order valence-corrected chi connectivity index (χ3v) is 3.92. The van der Waals surface area contributed by atoms with Gasteiger partial charge in [0, 0.05) is 29.2 Å². The van der Waals surface area contributed by atoms with E-state index in [1.807, 2.05) is 18.6 Å². The summed E-state index contributed by atoms with van der Waals surface area (Å²) in [6, 6.07) is 9.03. The van der Waals surface area contributed by atoms with Crippen molar-refractivity contribution in [2.24, 2.45) is 0 Å². The van der Waals surface area contributed by atoms with Crippen molar-refractivity contribution in [2.45, 2.75) is 25.4 Å². The minimum absolute atomic E-state index is 0.764. The van der Waals surface area contributed by atoms with Crippen LogP contribution in [0.1, 0.15) is 12.8 Å². The summed E-state index contributed by atoms with van der Waals surface area (Å²) in [4.78, 5) is 4.27. The highest BCUT2D eigenvalue weighted by Gasteiger charge is 2.19. The average Bonchev–Trinajstić information content (AvgIpc) is 3.08. The molecule has 1 aromatic heterocycles. The van der Waals surface area contributed by atoms with Gasteiger partial charge in [-0.15, -0.1) is 0 Å². The first-order valence-corrected chi connectivity index (χ1v) is 7.12. The van der Waals surface area contributed by atoms with Crippen molar-refractivity contribution in [3.05, 3.63) is 41.3 Å². The maximum Gasteiger partial charge on any atom is 0.0951 e. The Hall–Kier alpha value is -1.13. The van der Waals surface area contributed by atoms with Gasteiger partial charge in [0.2, 0.25) is 0 Å². The number of nitrogens with one attached hydrogen (secondary N) is 1. The van der Waals surface area contributed by atoms with Crippen molar-refractivity contribution in [1.29, 1.82) is 0 Å². The fourth-order valence-electron chi connectivity index (χ4n) is 2.07. The van der Waals surface area contributed by atoms with Gasteiger partial charge in [-0.3, -0.25) is 0 Å². The Bertz CT molecular complexity index is 531. The molecule has 3 nitrogen and oxygen atoms in total. The van der Waals surface area contributed by atoms with Gasteiger partial charge >= 0.3 is 0 Å². The number of nitrogens with zero attached hydrogens (tertiary/aromatic N) is 2. The molecule has 4 heteroatoms. The van der Waals surface area contributed by atoms with Crippen LogP contribution in [0.2, 0.25) is 0 Å². The molecular weight excluding hydrogens is 290 g/mol. The van der Waals surface area contributed by atoms with Gasteiger partial charge < -0.3 is 9.88 Å². The van der Waals surface area contributed by atoms with E-state index in [0.29, 0.717) is 0 Å². The molecule has 1 N–H and O–H groups in total. The molecule has 1 heterocycles. The van der Waals surface area contributed by atoms with Gasteiger partial charge in [-0.1, -0.05) is 34.1 Å². The largest absolute Gasteiger partial charge is 0.329 e. The van der Waals surface area contributed by atoms with Crippen LogP contribution in [0.4, 0.5) is 0 Å². The van der Waals surface area contributed by atoms with Gasteiger partial charge in [0.25, 0.3) is 0 Å². The number of hydrogen-bond acceptors (Lipinski definition) is 2. The molecule has 2 aromatic rings. The molecule has 0 atom stereocenters. The maximum absolute atomic E-state index is 4.27. The summed E-state index contributed by atoms with van der Waals surface area (Å²) in [5.41, 5.74) is 2.36. The number of benzene rings is 1. The summed E-state index contributed by atoms with van der Waals surface area (Å²) in [5.74, 6) is 0. The number of aromatic nitrogens is 2. The monoisotopic (exact) mass is 305 g/mol. The smallest absolute Gasteiger partial charge is 0.0951 e. The van der Waals surface area contributed by atoms with Gasteiger partial charge in [-0.25, -0.2) is 4.98 Å². The number of imidazole rings is 1. The van der Waals surface area contributed by atoms with Crippen molar-refractivity contribution in [1.82, 2.24) is 14.9 Å². The molecule has 0 bridgehead atoms. The molecule has 0 saturated heterocycles. The minimum atomic E-state index is 0.764. The van der Waals surface area contributed by atoms with Gasteiger partial charge in [-0.05, 0) is 18.9 Å². The number of halogens is 1. The normalized spacial score (nSPS) is 14.9. The van der Waals surface area contributed by atoms with Crippen molar-refractivity contribution in [2.75, 3.05) is 6.54 Å². The molecule has 1 saturated carbocycles. The summed E-state index contributed by atoms with van der Waals surface area (Å²) >= 11 is 3.60. The van der Waals surface area contributed by atoms with Crippen LogP contribution in [-0.2, 0) is 6.54 Å². The van der Waals surface area contributed by atoms with Crippen LogP contribution in [0.5, 0.6) is 0 Å². The van der Waals surface area contributed by atoms with E-state index in [0.717, 1.165) is 23.6 Å².